The molecule has 1 saturated heterocycles. The van der Waals surface area contributed by atoms with Gasteiger partial charge in [-0.05, 0) is 30.9 Å². The number of halogens is 1. The molecule has 0 radical (unpaired) electrons. The number of amides is 1. The third-order valence-electron chi connectivity index (χ3n) is 3.41. The third-order valence-corrected chi connectivity index (χ3v) is 4.74. The van der Waals surface area contributed by atoms with E-state index >= 15 is 0 Å². The number of thiophene rings is 1. The van der Waals surface area contributed by atoms with Crippen LogP contribution in [0, 0.1) is 0 Å². The summed E-state index contributed by atoms with van der Waals surface area (Å²) in [5.41, 5.74) is 6.55. The van der Waals surface area contributed by atoms with Crippen LogP contribution in [0.5, 0.6) is 0 Å². The van der Waals surface area contributed by atoms with Crippen LogP contribution in [0.25, 0.3) is 0 Å². The molecule has 2 heterocycles. The predicted molar refractivity (Wildman–Crippen MR) is 91.0 cm³/mol. The van der Waals surface area contributed by atoms with E-state index in [1.165, 1.54) is 11.3 Å². The number of carbonyl (C=O) groups excluding carboxylic acids is 1. The smallest absolute Gasteiger partial charge is 0.265 e. The molecule has 0 spiro atoms. The van der Waals surface area contributed by atoms with Crippen molar-refractivity contribution in [3.63, 3.8) is 0 Å². The molecule has 1 aromatic heterocycles. The lowest BCUT2D eigenvalue weighted by molar-refractivity contribution is 0.0744. The van der Waals surface area contributed by atoms with Gasteiger partial charge in [-0.15, -0.1) is 11.3 Å². The van der Waals surface area contributed by atoms with Crippen molar-refractivity contribution < 1.29 is 9.53 Å². The molecular weight excluding hydrogens is 320 g/mol. The highest BCUT2D eigenvalue weighted by atomic mass is 35.5. The summed E-state index contributed by atoms with van der Waals surface area (Å²) in [6, 6.07) is 1.75. The molecule has 0 saturated carbocycles. The van der Waals surface area contributed by atoms with Crippen LogP contribution in [0.4, 0.5) is 0 Å². The van der Waals surface area contributed by atoms with Crippen molar-refractivity contribution in [3.05, 3.63) is 45.0 Å². The molecule has 0 unspecified atom stereocenters. The van der Waals surface area contributed by atoms with Gasteiger partial charge in [0.15, 0.2) is 0 Å². The molecule has 0 aliphatic carbocycles. The Balaban J connectivity index is 1.92. The van der Waals surface area contributed by atoms with E-state index in [1.54, 1.807) is 11.0 Å². The highest BCUT2D eigenvalue weighted by molar-refractivity contribution is 7.12. The Bertz CT molecular complexity index is 595. The SMILES string of the molecule is CC/C=C(N)\C=C(/C)O[C@H]1CCN(C(=O)c2sccc2Cl)C1. The largest absolute Gasteiger partial charge is 0.493 e. The van der Waals surface area contributed by atoms with Crippen molar-refractivity contribution in [1.82, 2.24) is 4.90 Å². The van der Waals surface area contributed by atoms with Gasteiger partial charge in [0.1, 0.15) is 11.0 Å². The number of likely N-dealkylation sites (tertiary alicyclic amines) is 1. The van der Waals surface area contributed by atoms with E-state index in [0.717, 1.165) is 18.6 Å². The Kier molecular flexibility index (Phi) is 5.91. The fraction of sp³-hybridized carbons (Fsp3) is 0.438. The second-order valence-electron chi connectivity index (χ2n) is 5.24. The van der Waals surface area contributed by atoms with Gasteiger partial charge < -0.3 is 15.4 Å². The third kappa shape index (κ3) is 4.27. The molecule has 1 aliphatic heterocycles. The van der Waals surface area contributed by atoms with Crippen molar-refractivity contribution in [3.8, 4) is 0 Å². The number of nitrogens with two attached hydrogens (primary N) is 1. The van der Waals surface area contributed by atoms with Crippen molar-refractivity contribution in [2.45, 2.75) is 32.8 Å². The molecule has 1 aliphatic rings. The number of allylic oxidation sites excluding steroid dienone is 3. The summed E-state index contributed by atoms with van der Waals surface area (Å²) in [6.45, 7) is 5.19. The molecular formula is C16H21ClN2O2S. The van der Waals surface area contributed by atoms with Crippen molar-refractivity contribution in [2.24, 2.45) is 5.73 Å². The normalized spacial score (nSPS) is 19.6. The minimum atomic E-state index is -0.0156. The van der Waals surface area contributed by atoms with Crippen LogP contribution in [0.2, 0.25) is 5.02 Å². The minimum absolute atomic E-state index is 0.00774. The van der Waals surface area contributed by atoms with Gasteiger partial charge in [0, 0.05) is 18.7 Å². The fourth-order valence-electron chi connectivity index (χ4n) is 2.43. The topological polar surface area (TPSA) is 55.6 Å². The van der Waals surface area contributed by atoms with Gasteiger partial charge in [-0.1, -0.05) is 24.6 Å². The van der Waals surface area contributed by atoms with Gasteiger partial charge in [-0.3, -0.25) is 4.79 Å². The first-order valence-corrected chi connectivity index (χ1v) is 8.59. The van der Waals surface area contributed by atoms with Gasteiger partial charge in [0.05, 0.1) is 17.3 Å². The fourth-order valence-corrected chi connectivity index (χ4v) is 3.53. The molecule has 2 rings (SSSR count). The van der Waals surface area contributed by atoms with E-state index in [9.17, 15) is 4.79 Å². The van der Waals surface area contributed by atoms with E-state index in [0.29, 0.717) is 28.7 Å². The summed E-state index contributed by atoms with van der Waals surface area (Å²) in [5, 5.41) is 2.35. The van der Waals surface area contributed by atoms with Gasteiger partial charge in [-0.25, -0.2) is 0 Å². The number of hydrogen-bond donors (Lipinski definition) is 1. The van der Waals surface area contributed by atoms with Crippen molar-refractivity contribution in [2.75, 3.05) is 13.1 Å². The summed E-state index contributed by atoms with van der Waals surface area (Å²) in [7, 11) is 0. The summed E-state index contributed by atoms with van der Waals surface area (Å²) in [6.07, 6.45) is 5.48. The van der Waals surface area contributed by atoms with E-state index in [2.05, 4.69) is 0 Å². The average molecular weight is 341 g/mol. The van der Waals surface area contributed by atoms with Crippen LogP contribution in [-0.4, -0.2) is 30.0 Å². The molecule has 0 bridgehead atoms. The van der Waals surface area contributed by atoms with Gasteiger partial charge >= 0.3 is 0 Å². The molecule has 22 heavy (non-hydrogen) atoms. The zero-order valence-corrected chi connectivity index (χ0v) is 14.4. The first-order valence-electron chi connectivity index (χ1n) is 7.34. The molecule has 1 amide bonds. The molecule has 0 aromatic carbocycles. The van der Waals surface area contributed by atoms with Crippen molar-refractivity contribution in [1.29, 1.82) is 0 Å². The number of hydrogen-bond acceptors (Lipinski definition) is 4. The molecule has 1 fully saturated rings. The zero-order chi connectivity index (χ0) is 16.1. The highest BCUT2D eigenvalue weighted by Crippen LogP contribution is 2.26. The summed E-state index contributed by atoms with van der Waals surface area (Å²) < 4.78 is 5.87. The monoisotopic (exact) mass is 340 g/mol. The van der Waals surface area contributed by atoms with Gasteiger partial charge in [-0.2, -0.15) is 0 Å². The second kappa shape index (κ2) is 7.70. The lowest BCUT2D eigenvalue weighted by Crippen LogP contribution is -2.29. The zero-order valence-electron chi connectivity index (χ0n) is 12.8. The lowest BCUT2D eigenvalue weighted by Gasteiger charge is -2.17. The summed E-state index contributed by atoms with van der Waals surface area (Å²) in [5.74, 6) is 0.758. The predicted octanol–water partition coefficient (Wildman–Crippen LogP) is 3.79. The van der Waals surface area contributed by atoms with Crippen LogP contribution >= 0.6 is 22.9 Å². The highest BCUT2D eigenvalue weighted by Gasteiger charge is 2.29. The van der Waals surface area contributed by atoms with Crippen LogP contribution in [-0.2, 0) is 4.74 Å². The van der Waals surface area contributed by atoms with E-state index in [1.807, 2.05) is 31.4 Å². The molecule has 2 N–H and O–H groups in total. The molecule has 6 heteroatoms. The van der Waals surface area contributed by atoms with E-state index in [4.69, 9.17) is 22.1 Å². The maximum absolute atomic E-state index is 12.4. The first kappa shape index (κ1) is 16.9. The standard InChI is InChI=1S/C16H21ClN2O2S/c1-3-4-12(18)9-11(2)21-13-5-7-19(10-13)16(20)15-14(17)6-8-22-15/h4,6,8-9,13H,3,5,7,10,18H2,1-2H3/b11-9+,12-4+/t13-/m0/s1. The molecule has 120 valence electrons. The summed E-state index contributed by atoms with van der Waals surface area (Å²) in [4.78, 5) is 14.8. The maximum atomic E-state index is 12.4. The number of carbonyl (C=O) groups is 1. The maximum Gasteiger partial charge on any atom is 0.265 e. The Morgan fingerprint density at radius 2 is 2.41 bits per heavy atom. The first-order chi connectivity index (χ1) is 10.5. The lowest BCUT2D eigenvalue weighted by atomic mass is 10.3. The van der Waals surface area contributed by atoms with Crippen LogP contribution < -0.4 is 5.73 Å². The Labute approximate surface area is 140 Å². The molecule has 1 aromatic rings. The van der Waals surface area contributed by atoms with Crippen LogP contribution in [0.3, 0.4) is 0 Å². The van der Waals surface area contributed by atoms with Crippen LogP contribution in [0.15, 0.2) is 35.1 Å². The minimum Gasteiger partial charge on any atom is -0.493 e. The Morgan fingerprint density at radius 1 is 1.64 bits per heavy atom. The number of ether oxygens (including phenoxy) is 1. The summed E-state index contributed by atoms with van der Waals surface area (Å²) >= 11 is 7.40. The molecule has 1 atom stereocenters. The van der Waals surface area contributed by atoms with Crippen molar-refractivity contribution >= 4 is 28.8 Å². The Hall–Kier alpha value is -1.46. The molecule has 4 nitrogen and oxygen atoms in total. The van der Waals surface area contributed by atoms with E-state index in [-0.39, 0.29) is 12.0 Å². The Morgan fingerprint density at radius 3 is 3.05 bits per heavy atom. The van der Waals surface area contributed by atoms with Gasteiger partial charge in [0.25, 0.3) is 5.91 Å². The quantitative estimate of drug-likeness (QED) is 0.655. The number of nitrogens with zero attached hydrogens (tertiary/aromatic N) is 1. The van der Waals surface area contributed by atoms with Gasteiger partial charge in [0.2, 0.25) is 0 Å². The van der Waals surface area contributed by atoms with E-state index < -0.39 is 0 Å². The average Bonchev–Trinajstić information content (AvgIpc) is 3.07. The second-order valence-corrected chi connectivity index (χ2v) is 6.57. The number of rotatable bonds is 5. The van der Waals surface area contributed by atoms with Crippen LogP contribution in [0.1, 0.15) is 36.4 Å².